The molecule has 0 radical (unpaired) electrons. The molecule has 0 unspecified atom stereocenters. The van der Waals surface area contributed by atoms with Gasteiger partial charge in [-0.1, -0.05) is 126 Å². The second kappa shape index (κ2) is 16.3. The van der Waals surface area contributed by atoms with E-state index in [1.54, 1.807) is 30.3 Å². The molecule has 69 heavy (non-hydrogen) atoms. The van der Waals surface area contributed by atoms with Crippen molar-refractivity contribution in [1.82, 2.24) is 9.97 Å². The fourth-order valence-corrected chi connectivity index (χ4v) is 10.9. The van der Waals surface area contributed by atoms with E-state index in [0.29, 0.717) is 44.5 Å². The molecule has 4 nitrogen and oxygen atoms in total. The van der Waals surface area contributed by atoms with E-state index in [1.807, 2.05) is 43.5 Å². The van der Waals surface area contributed by atoms with Crippen molar-refractivity contribution in [3.05, 3.63) is 179 Å². The normalized spacial score (nSPS) is 18.8. The van der Waals surface area contributed by atoms with Gasteiger partial charge in [-0.15, -0.1) is 0 Å². The Morgan fingerprint density at radius 2 is 1.29 bits per heavy atom. The van der Waals surface area contributed by atoms with Crippen LogP contribution in [0.4, 0.5) is 0 Å². The number of ether oxygens (including phenoxy) is 1. The number of hydrogen-bond acceptors (Lipinski definition) is 4. The highest BCUT2D eigenvalue weighted by atomic mass is 16.5. The Morgan fingerprint density at radius 1 is 0.551 bits per heavy atom. The molecule has 1 aliphatic rings. The maximum atomic E-state index is 10.0. The molecule has 3 aromatic heterocycles. The van der Waals surface area contributed by atoms with Crippen molar-refractivity contribution in [2.45, 2.75) is 94.7 Å². The van der Waals surface area contributed by atoms with E-state index in [-0.39, 0.29) is 44.6 Å². The minimum absolute atomic E-state index is 0.0222. The van der Waals surface area contributed by atoms with E-state index in [9.17, 15) is 1.37 Å². The van der Waals surface area contributed by atoms with Crippen molar-refractivity contribution in [2.24, 2.45) is 16.2 Å². The molecule has 1 aliphatic carbocycles. The number of furan rings is 1. The number of benzene rings is 7. The second-order valence-corrected chi connectivity index (χ2v) is 21.0. The van der Waals surface area contributed by atoms with Gasteiger partial charge in [0.05, 0.1) is 11.4 Å². The van der Waals surface area contributed by atoms with E-state index >= 15 is 0 Å². The van der Waals surface area contributed by atoms with Crippen LogP contribution in [-0.4, -0.2) is 9.97 Å². The maximum Gasteiger partial charge on any atom is 0.145 e. The molecule has 4 heteroatoms. The zero-order chi connectivity index (χ0) is 56.6. The summed E-state index contributed by atoms with van der Waals surface area (Å²) in [5.41, 5.74) is 7.52. The van der Waals surface area contributed by atoms with Gasteiger partial charge in [0.25, 0.3) is 0 Å². The lowest BCUT2D eigenvalue weighted by Gasteiger charge is -2.59. The van der Waals surface area contributed by atoms with Gasteiger partial charge in [0.15, 0.2) is 0 Å². The molecule has 344 valence electrons. The Labute approximate surface area is 421 Å². The van der Waals surface area contributed by atoms with Crippen LogP contribution in [-0.2, 0) is 0 Å². The molecule has 7 aromatic carbocycles. The molecule has 1 saturated carbocycles. The fourth-order valence-electron chi connectivity index (χ4n) is 10.9. The first kappa shape index (κ1) is 34.3. The minimum atomic E-state index is -2.81. The Balaban J connectivity index is 1.12. The number of aryl methyl sites for hydroxylation is 4. The van der Waals surface area contributed by atoms with Crippen LogP contribution in [0.3, 0.4) is 0 Å². The summed E-state index contributed by atoms with van der Waals surface area (Å²) in [6.45, 7) is 9.72. The minimum Gasteiger partial charge on any atom is -0.457 e. The molecule has 0 N–H and O–H groups in total. The lowest BCUT2D eigenvalue weighted by Crippen LogP contribution is -2.49. The zero-order valence-electron chi connectivity index (χ0n) is 50.5. The van der Waals surface area contributed by atoms with E-state index in [4.69, 9.17) is 26.5 Å². The van der Waals surface area contributed by atoms with Crippen molar-refractivity contribution < 1.29 is 22.9 Å². The molecule has 0 saturated heterocycles. The highest BCUT2D eigenvalue weighted by molar-refractivity contribution is 6.17. The smallest absolute Gasteiger partial charge is 0.145 e. The molecule has 3 heterocycles. The zero-order valence-corrected chi connectivity index (χ0v) is 40.5. The van der Waals surface area contributed by atoms with Crippen molar-refractivity contribution >= 4 is 43.5 Å². The predicted octanol–water partition coefficient (Wildman–Crippen LogP) is 18.6. The largest absolute Gasteiger partial charge is 0.457 e. The quantitative estimate of drug-likeness (QED) is 0.150. The van der Waals surface area contributed by atoms with E-state index in [1.165, 1.54) is 12.1 Å². The third-order valence-corrected chi connectivity index (χ3v) is 16.0. The lowest BCUT2D eigenvalue weighted by atomic mass is 9.46. The molecule has 0 bridgehead atoms. The van der Waals surface area contributed by atoms with Crippen molar-refractivity contribution in [3.8, 4) is 56.3 Å². The third kappa shape index (κ3) is 7.51. The molecule has 0 atom stereocenters. The number of rotatable bonds is 7. The first-order chi connectivity index (χ1) is 36.9. The van der Waals surface area contributed by atoms with Crippen molar-refractivity contribution in [1.29, 1.82) is 0 Å². The summed E-state index contributed by atoms with van der Waals surface area (Å²) in [6.07, 6.45) is 4.38. The summed E-state index contributed by atoms with van der Waals surface area (Å²) in [4.78, 5) is 9.55. The Bertz CT molecular complexity index is 4070. The van der Waals surface area contributed by atoms with Gasteiger partial charge < -0.3 is 9.15 Å². The van der Waals surface area contributed by atoms with Gasteiger partial charge in [-0.3, -0.25) is 9.97 Å². The van der Waals surface area contributed by atoms with Gasteiger partial charge in [-0.2, -0.15) is 0 Å². The summed E-state index contributed by atoms with van der Waals surface area (Å²) in [5.74, 6) is -0.555. The van der Waals surface area contributed by atoms with Crippen LogP contribution >= 0.6 is 0 Å². The van der Waals surface area contributed by atoms with Crippen LogP contribution in [0.5, 0.6) is 11.5 Å². The fraction of sp³-hybridized carbons (Fsp3) is 0.262. The van der Waals surface area contributed by atoms with Crippen LogP contribution in [0, 0.1) is 50.6 Å². The molecular formula is C65H62N2O2. The maximum absolute atomic E-state index is 10.0. The molecule has 11 rings (SSSR count). The van der Waals surface area contributed by atoms with Gasteiger partial charge in [0, 0.05) is 48.0 Å². The van der Waals surface area contributed by atoms with Gasteiger partial charge in [0.1, 0.15) is 22.7 Å². The summed E-state index contributed by atoms with van der Waals surface area (Å²) in [5, 5.41) is 5.68. The summed E-state index contributed by atoms with van der Waals surface area (Å²) < 4.78 is 100. The Kier molecular flexibility index (Phi) is 8.10. The monoisotopic (exact) mass is 913 g/mol. The van der Waals surface area contributed by atoms with Crippen molar-refractivity contribution in [3.63, 3.8) is 0 Å². The number of hydrogen-bond donors (Lipinski definition) is 0. The molecule has 10 aromatic rings. The van der Waals surface area contributed by atoms with Gasteiger partial charge >= 0.3 is 0 Å². The second-order valence-electron chi connectivity index (χ2n) is 21.0. The van der Waals surface area contributed by atoms with Gasteiger partial charge in [-0.25, -0.2) is 0 Å². The average Bonchev–Trinajstić information content (AvgIpc) is 3.81. The summed E-state index contributed by atoms with van der Waals surface area (Å²) in [6, 6.07) is 42.1. The molecular weight excluding hydrogens is 841 g/mol. The van der Waals surface area contributed by atoms with Crippen LogP contribution in [0.2, 0.25) is 0 Å². The van der Waals surface area contributed by atoms with Gasteiger partial charge in [0.2, 0.25) is 0 Å². The highest BCUT2D eigenvalue weighted by Gasteiger charge is 2.53. The predicted molar refractivity (Wildman–Crippen MR) is 290 cm³/mol. The first-order valence-corrected chi connectivity index (χ1v) is 23.8. The lowest BCUT2D eigenvalue weighted by molar-refractivity contribution is -0.0744. The molecule has 0 amide bonds. The number of nitrogens with zero attached hydrogens (tertiary/aromatic N) is 2. The van der Waals surface area contributed by atoms with Crippen molar-refractivity contribution in [2.75, 3.05) is 0 Å². The SMILES string of the molecule is [2H]C([2H])([2H])c1cnc(-c2cc(Oc3cc(-c4cc(-c5ccc(C6([2H])CC(C)(C)C(C)(C)C(C)(C)C6)cc5C)c(C)cn4)c4oc5cc6c(ccc7ccccc76)cc5c4c3)c(C([2H])([2H])[2H])c(-c3ccccc3)c2)cc1C([2H])([2H])[2H]. The third-order valence-electron chi connectivity index (χ3n) is 16.0. The number of fused-ring (bicyclic) bond motifs is 6. The van der Waals surface area contributed by atoms with Gasteiger partial charge in [-0.05, 0) is 195 Å². The number of aromatic nitrogens is 2. The first-order valence-electron chi connectivity index (χ1n) is 28.8. The van der Waals surface area contributed by atoms with Crippen LogP contribution in [0.1, 0.15) is 107 Å². The number of pyridine rings is 2. The standard InChI is InChI=1S/C65H62N2O2/c1-38-26-58(66-36-40(38)3)47-28-53(43-17-13-12-14-18-43)42(5)60(29-47)68-49-30-56-55-27-46-22-21-44-19-15-16-20-51(44)54(46)33-61(55)69-62(56)57(31-49)59-32-52(41(4)37-67-59)50-24-23-45(25-39(50)2)48-34-63(6,7)65(10,11)64(8,9)35-48/h12-33,36-37,48H,34-35H2,1-11H3/i1D3,3D3,5D3,48D. The Morgan fingerprint density at radius 3 is 2.06 bits per heavy atom. The molecule has 1 fully saturated rings. The molecule has 0 aliphatic heterocycles. The van der Waals surface area contributed by atoms with Crippen LogP contribution in [0.15, 0.2) is 150 Å². The highest BCUT2D eigenvalue weighted by Crippen LogP contribution is 2.63. The summed E-state index contributed by atoms with van der Waals surface area (Å²) in [7, 11) is 0. The average molecular weight is 913 g/mol. The van der Waals surface area contributed by atoms with E-state index in [0.717, 1.165) is 73.8 Å². The van der Waals surface area contributed by atoms with E-state index in [2.05, 4.69) is 114 Å². The topological polar surface area (TPSA) is 48.2 Å². The molecule has 0 spiro atoms. The van der Waals surface area contributed by atoms with E-state index < -0.39 is 32.0 Å². The van der Waals surface area contributed by atoms with Crippen LogP contribution < -0.4 is 4.74 Å². The Hall–Kier alpha value is -7.04. The summed E-state index contributed by atoms with van der Waals surface area (Å²) >= 11 is 0. The van der Waals surface area contributed by atoms with Crippen LogP contribution in [0.25, 0.3) is 88.3 Å².